The Morgan fingerprint density at radius 1 is 1.50 bits per heavy atom. The first kappa shape index (κ1) is 12.3. The topological polar surface area (TPSA) is 124 Å². The molecular formula is C6H7ClN4O5. The van der Waals surface area contributed by atoms with E-state index in [1.54, 1.807) is 0 Å². The van der Waals surface area contributed by atoms with Crippen molar-refractivity contribution in [2.75, 3.05) is 5.88 Å². The molecule has 0 aromatic carbocycles. The fourth-order valence-corrected chi connectivity index (χ4v) is 1.19. The maximum Gasteiger partial charge on any atom is 0.462 e. The molecule has 0 aliphatic heterocycles. The van der Waals surface area contributed by atoms with Gasteiger partial charge >= 0.3 is 11.6 Å². The molecule has 0 amide bonds. The van der Waals surface area contributed by atoms with E-state index in [4.69, 9.17) is 11.6 Å². The van der Waals surface area contributed by atoms with Crippen molar-refractivity contribution >= 4 is 23.2 Å². The highest BCUT2D eigenvalue weighted by atomic mass is 35.5. The summed E-state index contributed by atoms with van der Waals surface area (Å²) in [6, 6.07) is 0. The van der Waals surface area contributed by atoms with E-state index in [9.17, 15) is 25.3 Å². The summed E-state index contributed by atoms with van der Waals surface area (Å²) in [6.45, 7) is -0.222. The lowest BCUT2D eigenvalue weighted by molar-refractivity contribution is -0.428. The van der Waals surface area contributed by atoms with Crippen molar-refractivity contribution in [2.24, 2.45) is 0 Å². The maximum atomic E-state index is 10.6. The van der Waals surface area contributed by atoms with Crippen LogP contribution in [0.2, 0.25) is 0 Å². The number of hydrogen-bond acceptors (Lipinski definition) is 6. The van der Waals surface area contributed by atoms with Crippen LogP contribution >= 0.6 is 11.6 Å². The quantitative estimate of drug-likeness (QED) is 0.455. The Bertz CT molecular complexity index is 419. The third-order valence-electron chi connectivity index (χ3n) is 1.72. The number of nitro groups is 2. The van der Waals surface area contributed by atoms with Gasteiger partial charge in [0.25, 0.3) is 6.33 Å². The van der Waals surface area contributed by atoms with Crippen molar-refractivity contribution in [1.82, 2.24) is 9.55 Å². The van der Waals surface area contributed by atoms with Gasteiger partial charge in [-0.3, -0.25) is 0 Å². The summed E-state index contributed by atoms with van der Waals surface area (Å²) in [5.74, 6) is -1.76. The second kappa shape index (κ2) is 4.86. The SMILES string of the molecule is O=[N+]([O-])c1ncn(C[C@@H](O)CCl)c1[N+](=O)[O-]. The molecule has 16 heavy (non-hydrogen) atoms. The number of rotatable bonds is 5. The van der Waals surface area contributed by atoms with Gasteiger partial charge in [-0.05, 0) is 9.85 Å². The highest BCUT2D eigenvalue weighted by molar-refractivity contribution is 6.18. The minimum atomic E-state index is -1.03. The monoisotopic (exact) mass is 250 g/mol. The first-order valence-electron chi connectivity index (χ1n) is 4.05. The second-order valence-corrected chi connectivity index (χ2v) is 3.18. The lowest BCUT2D eigenvalue weighted by Gasteiger charge is -2.03. The van der Waals surface area contributed by atoms with Gasteiger partial charge in [0.05, 0.1) is 5.88 Å². The van der Waals surface area contributed by atoms with E-state index in [-0.39, 0.29) is 12.4 Å². The minimum absolute atomic E-state index is 0.136. The van der Waals surface area contributed by atoms with Crippen LogP contribution in [0.25, 0.3) is 0 Å². The van der Waals surface area contributed by atoms with E-state index < -0.39 is 27.6 Å². The van der Waals surface area contributed by atoms with Crippen LogP contribution in [0, 0.1) is 20.2 Å². The van der Waals surface area contributed by atoms with E-state index in [0.29, 0.717) is 0 Å². The largest absolute Gasteiger partial charge is 0.462 e. The molecule has 1 heterocycles. The molecule has 1 aromatic rings. The average molecular weight is 251 g/mol. The normalized spacial score (nSPS) is 12.4. The molecule has 0 spiro atoms. The van der Waals surface area contributed by atoms with Crippen molar-refractivity contribution in [3.05, 3.63) is 26.6 Å². The molecule has 0 saturated carbocycles. The van der Waals surface area contributed by atoms with Gasteiger partial charge in [0, 0.05) is 4.98 Å². The standard InChI is InChI=1S/C6H7ClN4O5/c7-1-4(12)2-9-3-8-5(10(13)14)6(9)11(15)16/h3-4,12H,1-2H2/t4-/m0/s1. The van der Waals surface area contributed by atoms with E-state index in [1.165, 1.54) is 0 Å². The second-order valence-electron chi connectivity index (χ2n) is 2.87. The predicted octanol–water partition coefficient (Wildman–Crippen LogP) is 0.299. The zero-order valence-electron chi connectivity index (χ0n) is 7.82. The first-order chi connectivity index (χ1) is 7.47. The fourth-order valence-electron chi connectivity index (χ4n) is 1.09. The molecule has 1 N–H and O–H groups in total. The number of hydrogen-bond donors (Lipinski definition) is 1. The lowest BCUT2D eigenvalue weighted by Crippen LogP contribution is -2.18. The minimum Gasteiger partial charge on any atom is -0.388 e. The Morgan fingerprint density at radius 3 is 2.56 bits per heavy atom. The Labute approximate surface area is 93.6 Å². The van der Waals surface area contributed by atoms with Crippen molar-refractivity contribution < 1.29 is 15.0 Å². The van der Waals surface area contributed by atoms with Crippen LogP contribution in [-0.2, 0) is 6.54 Å². The summed E-state index contributed by atoms with van der Waals surface area (Å²) < 4.78 is 0.880. The summed E-state index contributed by atoms with van der Waals surface area (Å²) in [7, 11) is 0. The van der Waals surface area contributed by atoms with Gasteiger partial charge in [-0.25, -0.2) is 0 Å². The number of halogens is 1. The van der Waals surface area contributed by atoms with Crippen LogP contribution in [0.5, 0.6) is 0 Å². The number of aliphatic hydroxyl groups is 1. The fraction of sp³-hybridized carbons (Fsp3) is 0.500. The van der Waals surface area contributed by atoms with Crippen LogP contribution in [0.4, 0.5) is 11.6 Å². The van der Waals surface area contributed by atoms with Crippen molar-refractivity contribution in [3.8, 4) is 0 Å². The van der Waals surface area contributed by atoms with Crippen LogP contribution in [0.1, 0.15) is 0 Å². The molecule has 10 heteroatoms. The highest BCUT2D eigenvalue weighted by Crippen LogP contribution is 2.24. The Kier molecular flexibility index (Phi) is 3.74. The third kappa shape index (κ3) is 2.44. The molecule has 1 aromatic heterocycles. The molecule has 1 rings (SSSR count). The summed E-state index contributed by atoms with van der Waals surface area (Å²) in [4.78, 5) is 22.4. The zero-order chi connectivity index (χ0) is 12.3. The number of imidazole rings is 1. The maximum absolute atomic E-state index is 10.6. The molecular weight excluding hydrogens is 244 g/mol. The molecule has 0 bridgehead atoms. The van der Waals surface area contributed by atoms with Gasteiger partial charge in [-0.15, -0.1) is 11.6 Å². The molecule has 0 aliphatic carbocycles. The van der Waals surface area contributed by atoms with Crippen LogP contribution in [0.15, 0.2) is 6.33 Å². The summed E-state index contributed by atoms with van der Waals surface area (Å²) >= 11 is 5.32. The lowest BCUT2D eigenvalue weighted by atomic mass is 10.4. The van der Waals surface area contributed by atoms with Crippen LogP contribution < -0.4 is 0 Å². The van der Waals surface area contributed by atoms with Crippen molar-refractivity contribution in [3.63, 3.8) is 0 Å². The smallest absolute Gasteiger partial charge is 0.388 e. The van der Waals surface area contributed by atoms with Gasteiger partial charge in [0.1, 0.15) is 12.6 Å². The predicted molar refractivity (Wildman–Crippen MR) is 52.3 cm³/mol. The third-order valence-corrected chi connectivity index (χ3v) is 2.08. The molecule has 0 saturated heterocycles. The van der Waals surface area contributed by atoms with Gasteiger partial charge in [0.15, 0.2) is 0 Å². The summed E-state index contributed by atoms with van der Waals surface area (Å²) in [5.41, 5.74) is 0. The van der Waals surface area contributed by atoms with E-state index in [1.807, 2.05) is 0 Å². The number of alkyl halides is 1. The molecule has 0 fully saturated rings. The summed E-state index contributed by atoms with van der Waals surface area (Å²) in [6.07, 6.45) is -0.111. The van der Waals surface area contributed by atoms with Gasteiger partial charge in [0.2, 0.25) is 0 Å². The van der Waals surface area contributed by atoms with Crippen molar-refractivity contribution in [2.45, 2.75) is 12.6 Å². The van der Waals surface area contributed by atoms with E-state index in [0.717, 1.165) is 10.9 Å². The Hall–Kier alpha value is -1.74. The molecule has 0 aliphatic rings. The zero-order valence-corrected chi connectivity index (χ0v) is 8.57. The van der Waals surface area contributed by atoms with Gasteiger partial charge in [-0.2, -0.15) is 4.57 Å². The molecule has 88 valence electrons. The number of aliphatic hydroxyl groups excluding tert-OH is 1. The van der Waals surface area contributed by atoms with Crippen molar-refractivity contribution in [1.29, 1.82) is 0 Å². The Morgan fingerprint density at radius 2 is 2.12 bits per heavy atom. The van der Waals surface area contributed by atoms with E-state index in [2.05, 4.69) is 4.98 Å². The first-order valence-corrected chi connectivity index (χ1v) is 4.58. The van der Waals surface area contributed by atoms with Gasteiger partial charge in [-0.1, -0.05) is 0 Å². The van der Waals surface area contributed by atoms with Gasteiger partial charge < -0.3 is 25.3 Å². The molecule has 1 atom stereocenters. The van der Waals surface area contributed by atoms with Crippen LogP contribution in [-0.4, -0.2) is 36.5 Å². The molecule has 0 radical (unpaired) electrons. The van der Waals surface area contributed by atoms with Crippen LogP contribution in [0.3, 0.4) is 0 Å². The molecule has 0 unspecified atom stereocenters. The molecule has 9 nitrogen and oxygen atoms in total. The Balaban J connectivity index is 3.10. The summed E-state index contributed by atoms with van der Waals surface area (Å²) in [5, 5.41) is 30.2. The average Bonchev–Trinajstić information content (AvgIpc) is 2.61. The number of aromatic nitrogens is 2. The number of nitrogens with zero attached hydrogens (tertiary/aromatic N) is 4. The highest BCUT2D eigenvalue weighted by Gasteiger charge is 2.32. The van der Waals surface area contributed by atoms with E-state index >= 15 is 0 Å².